The van der Waals surface area contributed by atoms with Crippen molar-refractivity contribution in [3.05, 3.63) is 36.1 Å². The number of carbonyl (C=O) groups is 2. The highest BCUT2D eigenvalue weighted by Gasteiger charge is 2.38. The maximum absolute atomic E-state index is 13.0. The van der Waals surface area contributed by atoms with E-state index in [9.17, 15) is 9.59 Å². The van der Waals surface area contributed by atoms with Gasteiger partial charge in [0.15, 0.2) is 5.76 Å². The second-order valence-electron chi connectivity index (χ2n) is 7.46. The minimum atomic E-state index is -0.617. The molecular weight excluding hydrogens is 320 g/mol. The second-order valence-corrected chi connectivity index (χ2v) is 7.46. The number of likely N-dealkylation sites (N-methyl/N-ethyl adjacent to an activating group) is 1. The van der Waals surface area contributed by atoms with Gasteiger partial charge < -0.3 is 14.1 Å². The lowest BCUT2D eigenvalue weighted by Gasteiger charge is -2.39. The van der Waals surface area contributed by atoms with Gasteiger partial charge >= 0.3 is 6.09 Å². The lowest BCUT2D eigenvalue weighted by molar-refractivity contribution is 0.00261. The van der Waals surface area contributed by atoms with Gasteiger partial charge in [0.25, 0.3) is 0 Å². The fourth-order valence-electron chi connectivity index (χ4n) is 2.95. The van der Waals surface area contributed by atoms with Crippen molar-refractivity contribution < 1.29 is 18.7 Å². The molecule has 1 fully saturated rings. The van der Waals surface area contributed by atoms with E-state index in [0.717, 1.165) is 5.39 Å². The van der Waals surface area contributed by atoms with Gasteiger partial charge in [-0.3, -0.25) is 9.69 Å². The molecule has 0 aliphatic carbocycles. The molecule has 0 N–H and O–H groups in total. The zero-order valence-electron chi connectivity index (χ0n) is 15.1. The maximum atomic E-state index is 13.0. The smallest absolute Gasteiger partial charge is 0.411 e. The lowest BCUT2D eigenvalue weighted by atomic mass is 10.1. The number of furan rings is 1. The van der Waals surface area contributed by atoms with Gasteiger partial charge in [-0.1, -0.05) is 18.2 Å². The van der Waals surface area contributed by atoms with Gasteiger partial charge in [0, 0.05) is 25.0 Å². The number of Topliss-reactive ketones (excluding diaryl/α,β-unsaturated/α-hetero) is 1. The van der Waals surface area contributed by atoms with Crippen LogP contribution in [-0.2, 0) is 4.74 Å². The number of ether oxygens (including phenoxy) is 1. The first-order valence-electron chi connectivity index (χ1n) is 8.45. The second kappa shape index (κ2) is 6.52. The summed E-state index contributed by atoms with van der Waals surface area (Å²) in [5.41, 5.74) is 0.0618. The Morgan fingerprint density at radius 2 is 1.92 bits per heavy atom. The number of benzene rings is 1. The number of hydrogen-bond donors (Lipinski definition) is 0. The number of ketones is 1. The van der Waals surface area contributed by atoms with Crippen LogP contribution in [0.5, 0.6) is 0 Å². The Hall–Kier alpha value is -2.34. The summed E-state index contributed by atoms with van der Waals surface area (Å²) in [5.74, 6) is 0.0728. The Morgan fingerprint density at radius 1 is 1.20 bits per heavy atom. The molecule has 0 radical (unpaired) electrons. The molecule has 3 rings (SSSR count). The van der Waals surface area contributed by atoms with Crippen LogP contribution in [0.2, 0.25) is 0 Å². The van der Waals surface area contributed by atoms with E-state index >= 15 is 0 Å². The summed E-state index contributed by atoms with van der Waals surface area (Å²) in [6, 6.07) is 8.60. The van der Waals surface area contributed by atoms with Crippen LogP contribution in [0, 0.1) is 0 Å². The summed E-state index contributed by atoms with van der Waals surface area (Å²) < 4.78 is 11.2. The normalized spacial score (nSPS) is 19.2. The van der Waals surface area contributed by atoms with Crippen molar-refractivity contribution in [2.24, 2.45) is 0 Å². The van der Waals surface area contributed by atoms with Crippen molar-refractivity contribution in [2.45, 2.75) is 32.4 Å². The summed E-state index contributed by atoms with van der Waals surface area (Å²) in [6.07, 6.45) is -0.463. The number of piperazine rings is 1. The average molecular weight is 344 g/mol. The Kier molecular flexibility index (Phi) is 4.56. The summed E-state index contributed by atoms with van der Waals surface area (Å²) in [7, 11) is 1.94. The molecule has 1 unspecified atom stereocenters. The Bertz CT molecular complexity index is 757. The van der Waals surface area contributed by atoms with E-state index in [-0.39, 0.29) is 11.5 Å². The van der Waals surface area contributed by atoms with E-state index < -0.39 is 17.7 Å². The van der Waals surface area contributed by atoms with E-state index in [1.165, 1.54) is 4.90 Å². The van der Waals surface area contributed by atoms with Crippen molar-refractivity contribution in [3.63, 3.8) is 0 Å². The Labute approximate surface area is 147 Å². The minimum Gasteiger partial charge on any atom is -0.453 e. The molecule has 1 aromatic carbocycles. The molecule has 1 atom stereocenters. The number of fused-ring (bicyclic) bond motifs is 1. The van der Waals surface area contributed by atoms with E-state index in [4.69, 9.17) is 9.15 Å². The molecule has 1 aromatic heterocycles. The highest BCUT2D eigenvalue weighted by atomic mass is 16.6. The fourth-order valence-corrected chi connectivity index (χ4v) is 2.95. The number of carbonyl (C=O) groups excluding carboxylic acids is 2. The van der Waals surface area contributed by atoms with E-state index in [0.29, 0.717) is 25.2 Å². The summed E-state index contributed by atoms with van der Waals surface area (Å²) >= 11 is 0. The first kappa shape index (κ1) is 17.5. The lowest BCUT2D eigenvalue weighted by Crippen LogP contribution is -2.58. The van der Waals surface area contributed by atoms with Gasteiger partial charge in [-0.15, -0.1) is 0 Å². The Morgan fingerprint density at radius 3 is 2.60 bits per heavy atom. The van der Waals surface area contributed by atoms with Crippen molar-refractivity contribution in [1.29, 1.82) is 0 Å². The van der Waals surface area contributed by atoms with Crippen LogP contribution in [0.4, 0.5) is 4.79 Å². The quantitative estimate of drug-likeness (QED) is 0.783. The monoisotopic (exact) mass is 344 g/mol. The maximum Gasteiger partial charge on any atom is 0.411 e. The molecule has 2 heterocycles. The standard InChI is InChI=1S/C19H24N2O4/c1-19(2,3)25-18(23)21-10-9-20(4)12-14(21)17(22)16-11-13-7-5-6-8-15(13)24-16/h5-8,11,14H,9-10,12H2,1-4H3. The van der Waals surface area contributed by atoms with Gasteiger partial charge in [-0.2, -0.15) is 0 Å². The molecule has 0 bridgehead atoms. The van der Waals surface area contributed by atoms with Crippen LogP contribution in [-0.4, -0.2) is 60.0 Å². The van der Waals surface area contributed by atoms with Gasteiger partial charge in [0.2, 0.25) is 5.78 Å². The van der Waals surface area contributed by atoms with Crippen LogP contribution >= 0.6 is 0 Å². The van der Waals surface area contributed by atoms with Crippen LogP contribution in [0.15, 0.2) is 34.7 Å². The third-order valence-corrected chi connectivity index (χ3v) is 4.18. The first-order valence-corrected chi connectivity index (χ1v) is 8.45. The molecule has 134 valence electrons. The molecule has 1 saturated heterocycles. The van der Waals surface area contributed by atoms with Crippen molar-refractivity contribution in [1.82, 2.24) is 9.80 Å². The predicted molar refractivity (Wildman–Crippen MR) is 94.8 cm³/mol. The van der Waals surface area contributed by atoms with E-state index in [2.05, 4.69) is 0 Å². The molecule has 2 aromatic rings. The van der Waals surface area contributed by atoms with Crippen LogP contribution in [0.1, 0.15) is 31.3 Å². The molecule has 0 saturated carbocycles. The van der Waals surface area contributed by atoms with Crippen molar-refractivity contribution in [2.75, 3.05) is 26.7 Å². The highest BCUT2D eigenvalue weighted by Crippen LogP contribution is 2.23. The first-order chi connectivity index (χ1) is 11.7. The summed E-state index contributed by atoms with van der Waals surface area (Å²) in [5, 5.41) is 0.874. The third-order valence-electron chi connectivity index (χ3n) is 4.18. The van der Waals surface area contributed by atoms with Crippen LogP contribution in [0.25, 0.3) is 11.0 Å². The topological polar surface area (TPSA) is 63.0 Å². The third kappa shape index (κ3) is 3.85. The van der Waals surface area contributed by atoms with Crippen molar-refractivity contribution >= 4 is 22.8 Å². The SMILES string of the molecule is CN1CCN(C(=O)OC(C)(C)C)C(C(=O)c2cc3ccccc3o2)C1. The van der Waals surface area contributed by atoms with Crippen LogP contribution in [0.3, 0.4) is 0 Å². The predicted octanol–water partition coefficient (Wildman–Crippen LogP) is 3.17. The molecule has 1 aliphatic rings. The van der Waals surface area contributed by atoms with Crippen molar-refractivity contribution in [3.8, 4) is 0 Å². The molecule has 0 spiro atoms. The zero-order valence-corrected chi connectivity index (χ0v) is 15.1. The molecule has 6 heteroatoms. The molecule has 6 nitrogen and oxygen atoms in total. The number of para-hydroxylation sites is 1. The summed E-state index contributed by atoms with van der Waals surface area (Å²) in [4.78, 5) is 29.1. The van der Waals surface area contributed by atoms with Gasteiger partial charge in [0.1, 0.15) is 17.2 Å². The average Bonchev–Trinajstić information content (AvgIpc) is 2.96. The van der Waals surface area contributed by atoms with E-state index in [1.54, 1.807) is 6.07 Å². The van der Waals surface area contributed by atoms with Crippen LogP contribution < -0.4 is 0 Å². The molecule has 1 aliphatic heterocycles. The molecule has 1 amide bonds. The summed E-state index contributed by atoms with van der Waals surface area (Å²) in [6.45, 7) is 7.05. The van der Waals surface area contributed by atoms with Gasteiger partial charge in [-0.25, -0.2) is 4.79 Å². The molecule has 25 heavy (non-hydrogen) atoms. The largest absolute Gasteiger partial charge is 0.453 e. The highest BCUT2D eigenvalue weighted by molar-refractivity contribution is 6.02. The number of hydrogen-bond acceptors (Lipinski definition) is 5. The number of amides is 1. The van der Waals surface area contributed by atoms with Gasteiger partial charge in [0.05, 0.1) is 0 Å². The number of rotatable bonds is 2. The minimum absolute atomic E-state index is 0.200. The molecular formula is C19H24N2O4. The van der Waals surface area contributed by atoms with Gasteiger partial charge in [-0.05, 0) is 40.0 Å². The zero-order chi connectivity index (χ0) is 18.2. The van der Waals surface area contributed by atoms with E-state index in [1.807, 2.05) is 57.0 Å². The number of nitrogens with zero attached hydrogens (tertiary/aromatic N) is 2. The fraction of sp³-hybridized carbons (Fsp3) is 0.474. The Balaban J connectivity index is 1.87.